The minimum Gasteiger partial charge on any atom is -0.484 e. The Balaban J connectivity index is 1.86. The first kappa shape index (κ1) is 13.4. The van der Waals surface area contributed by atoms with Crippen molar-refractivity contribution in [3.63, 3.8) is 0 Å². The Morgan fingerprint density at radius 1 is 1.42 bits per heavy atom. The van der Waals surface area contributed by atoms with E-state index >= 15 is 0 Å². The van der Waals surface area contributed by atoms with Crippen LogP contribution in [-0.4, -0.2) is 30.0 Å². The third-order valence-corrected chi connectivity index (χ3v) is 3.12. The lowest BCUT2D eigenvalue weighted by atomic mass is 10.2. The summed E-state index contributed by atoms with van der Waals surface area (Å²) in [6, 6.07) is 9.28. The first-order valence-corrected chi connectivity index (χ1v) is 6.67. The molecule has 1 amide bonds. The quantitative estimate of drug-likeness (QED) is 0.787. The number of nitrogens with zero attached hydrogens (tertiary/aromatic N) is 2. The molecule has 0 aromatic heterocycles. The average Bonchev–Trinajstić information content (AvgIpc) is 3.27. The maximum absolute atomic E-state index is 12.1. The van der Waals surface area contributed by atoms with Crippen LogP contribution in [0.2, 0.25) is 0 Å². The van der Waals surface area contributed by atoms with Gasteiger partial charge < -0.3 is 9.64 Å². The fourth-order valence-electron chi connectivity index (χ4n) is 1.99. The number of hydrogen-bond acceptors (Lipinski definition) is 3. The van der Waals surface area contributed by atoms with Crippen LogP contribution in [-0.2, 0) is 4.79 Å². The number of carbonyl (C=O) groups excluding carboxylic acids is 1. The van der Waals surface area contributed by atoms with Crippen LogP contribution in [0.3, 0.4) is 0 Å². The van der Waals surface area contributed by atoms with Crippen LogP contribution < -0.4 is 4.74 Å². The molecule has 0 bridgehead atoms. The highest BCUT2D eigenvalue weighted by molar-refractivity contribution is 5.78. The second-order valence-corrected chi connectivity index (χ2v) is 4.74. The molecule has 0 N–H and O–H groups in total. The molecule has 0 unspecified atom stereocenters. The van der Waals surface area contributed by atoms with E-state index in [9.17, 15) is 4.79 Å². The molecule has 1 aliphatic carbocycles. The zero-order valence-corrected chi connectivity index (χ0v) is 11.1. The molecule has 0 aliphatic heterocycles. The molecule has 1 aromatic carbocycles. The zero-order chi connectivity index (χ0) is 13.7. The van der Waals surface area contributed by atoms with E-state index in [1.165, 1.54) is 0 Å². The van der Waals surface area contributed by atoms with Gasteiger partial charge in [0.1, 0.15) is 5.75 Å². The van der Waals surface area contributed by atoms with Crippen molar-refractivity contribution in [2.75, 3.05) is 13.2 Å². The molecule has 4 heteroatoms. The number of carbonyl (C=O) groups is 1. The Bertz CT molecular complexity index is 472. The molecule has 4 nitrogen and oxygen atoms in total. The van der Waals surface area contributed by atoms with Crippen molar-refractivity contribution in [2.24, 2.45) is 0 Å². The number of hydrogen-bond donors (Lipinski definition) is 0. The Labute approximate surface area is 113 Å². The molecule has 1 fully saturated rings. The van der Waals surface area contributed by atoms with E-state index in [-0.39, 0.29) is 12.5 Å². The van der Waals surface area contributed by atoms with Gasteiger partial charge in [-0.1, -0.05) is 6.92 Å². The third-order valence-electron chi connectivity index (χ3n) is 3.12. The van der Waals surface area contributed by atoms with E-state index in [1.807, 2.05) is 11.0 Å². The first-order valence-electron chi connectivity index (χ1n) is 6.67. The summed E-state index contributed by atoms with van der Waals surface area (Å²) in [4.78, 5) is 14.0. The number of nitriles is 1. The minimum absolute atomic E-state index is 0.0497. The second kappa shape index (κ2) is 6.24. The molecule has 19 heavy (non-hydrogen) atoms. The van der Waals surface area contributed by atoms with Gasteiger partial charge >= 0.3 is 0 Å². The molecule has 0 atom stereocenters. The molecule has 0 heterocycles. The van der Waals surface area contributed by atoms with E-state index in [1.54, 1.807) is 24.3 Å². The van der Waals surface area contributed by atoms with Gasteiger partial charge in [-0.05, 0) is 43.5 Å². The van der Waals surface area contributed by atoms with Gasteiger partial charge in [0.15, 0.2) is 6.61 Å². The van der Waals surface area contributed by atoms with Crippen molar-refractivity contribution in [2.45, 2.75) is 32.2 Å². The van der Waals surface area contributed by atoms with Crippen LogP contribution in [0.25, 0.3) is 0 Å². The van der Waals surface area contributed by atoms with Gasteiger partial charge in [-0.3, -0.25) is 4.79 Å². The first-order chi connectivity index (χ1) is 9.24. The summed E-state index contributed by atoms with van der Waals surface area (Å²) < 4.78 is 5.47. The number of ether oxygens (including phenoxy) is 1. The molecule has 100 valence electrons. The van der Waals surface area contributed by atoms with Crippen LogP contribution in [0, 0.1) is 11.3 Å². The van der Waals surface area contributed by atoms with Gasteiger partial charge in [-0.2, -0.15) is 5.26 Å². The van der Waals surface area contributed by atoms with Crippen LogP contribution in [0.4, 0.5) is 0 Å². The van der Waals surface area contributed by atoms with Gasteiger partial charge in [-0.25, -0.2) is 0 Å². The Morgan fingerprint density at radius 2 is 2.11 bits per heavy atom. The van der Waals surface area contributed by atoms with E-state index < -0.39 is 0 Å². The molecule has 1 aliphatic rings. The molecule has 1 saturated carbocycles. The Kier molecular flexibility index (Phi) is 4.40. The maximum atomic E-state index is 12.1. The highest BCUT2D eigenvalue weighted by Crippen LogP contribution is 2.27. The highest BCUT2D eigenvalue weighted by atomic mass is 16.5. The highest BCUT2D eigenvalue weighted by Gasteiger charge is 2.31. The smallest absolute Gasteiger partial charge is 0.260 e. The molecule has 0 saturated heterocycles. The van der Waals surface area contributed by atoms with Crippen LogP contribution in [0.5, 0.6) is 5.75 Å². The summed E-state index contributed by atoms with van der Waals surface area (Å²) in [5, 5.41) is 8.69. The van der Waals surface area contributed by atoms with Crippen LogP contribution in [0.1, 0.15) is 31.7 Å². The number of rotatable bonds is 6. The topological polar surface area (TPSA) is 53.3 Å². The van der Waals surface area contributed by atoms with Crippen molar-refractivity contribution in [1.82, 2.24) is 4.90 Å². The Morgan fingerprint density at radius 3 is 2.63 bits per heavy atom. The average molecular weight is 258 g/mol. The van der Waals surface area contributed by atoms with Gasteiger partial charge in [0.25, 0.3) is 5.91 Å². The predicted octanol–water partition coefficient (Wildman–Crippen LogP) is 2.34. The normalized spacial score (nSPS) is 13.7. The lowest BCUT2D eigenvalue weighted by Gasteiger charge is -2.21. The summed E-state index contributed by atoms with van der Waals surface area (Å²) in [5.74, 6) is 0.674. The van der Waals surface area contributed by atoms with Crippen molar-refractivity contribution < 1.29 is 9.53 Å². The van der Waals surface area contributed by atoms with E-state index in [2.05, 4.69) is 6.92 Å². The Hall–Kier alpha value is -2.02. The SMILES string of the molecule is CCCN(C(=O)COc1ccc(C#N)cc1)C1CC1. The lowest BCUT2D eigenvalue weighted by Crippen LogP contribution is -2.37. The molecule has 2 rings (SSSR count). The van der Waals surface area contributed by atoms with Gasteiger partial charge in [0.05, 0.1) is 11.6 Å². The maximum Gasteiger partial charge on any atom is 0.260 e. The summed E-state index contributed by atoms with van der Waals surface area (Å²) in [6.45, 7) is 2.95. The van der Waals surface area contributed by atoms with Crippen molar-refractivity contribution >= 4 is 5.91 Å². The monoisotopic (exact) mass is 258 g/mol. The zero-order valence-electron chi connectivity index (χ0n) is 11.1. The number of benzene rings is 1. The van der Waals surface area contributed by atoms with Crippen molar-refractivity contribution in [3.8, 4) is 11.8 Å². The summed E-state index contributed by atoms with van der Waals surface area (Å²) >= 11 is 0. The van der Waals surface area contributed by atoms with E-state index in [4.69, 9.17) is 10.00 Å². The fourth-order valence-corrected chi connectivity index (χ4v) is 1.99. The molecule has 0 spiro atoms. The third kappa shape index (κ3) is 3.72. The fraction of sp³-hybridized carbons (Fsp3) is 0.467. The van der Waals surface area contributed by atoms with Gasteiger partial charge in [-0.15, -0.1) is 0 Å². The van der Waals surface area contributed by atoms with Crippen molar-refractivity contribution in [3.05, 3.63) is 29.8 Å². The van der Waals surface area contributed by atoms with Gasteiger partial charge in [0, 0.05) is 12.6 Å². The van der Waals surface area contributed by atoms with Crippen LogP contribution in [0.15, 0.2) is 24.3 Å². The van der Waals surface area contributed by atoms with Gasteiger partial charge in [0.2, 0.25) is 0 Å². The van der Waals surface area contributed by atoms with E-state index in [0.717, 1.165) is 25.8 Å². The standard InChI is InChI=1S/C15H18N2O2/c1-2-9-17(13-5-6-13)15(18)11-19-14-7-3-12(10-16)4-8-14/h3-4,7-8,13H,2,5-6,9,11H2,1H3. The predicted molar refractivity (Wildman–Crippen MR) is 71.7 cm³/mol. The largest absolute Gasteiger partial charge is 0.484 e. The van der Waals surface area contributed by atoms with Crippen molar-refractivity contribution in [1.29, 1.82) is 5.26 Å². The number of amides is 1. The summed E-state index contributed by atoms with van der Waals surface area (Å²) in [5.41, 5.74) is 0.587. The van der Waals surface area contributed by atoms with E-state index in [0.29, 0.717) is 17.4 Å². The molecular weight excluding hydrogens is 240 g/mol. The molecule has 1 aromatic rings. The minimum atomic E-state index is 0.0497. The second-order valence-electron chi connectivity index (χ2n) is 4.74. The lowest BCUT2D eigenvalue weighted by molar-refractivity contribution is -0.134. The molecule has 0 radical (unpaired) electrons. The summed E-state index contributed by atoms with van der Waals surface area (Å²) in [7, 11) is 0. The van der Waals surface area contributed by atoms with Crippen LogP contribution >= 0.6 is 0 Å². The summed E-state index contributed by atoms with van der Waals surface area (Å²) in [6.07, 6.45) is 3.20. The molecular formula is C15H18N2O2.